The highest BCUT2D eigenvalue weighted by atomic mass is 16.4. The molecule has 0 amide bonds. The van der Waals surface area contributed by atoms with E-state index in [0.717, 1.165) is 0 Å². The van der Waals surface area contributed by atoms with Crippen LogP contribution in [0, 0.1) is 11.8 Å². The summed E-state index contributed by atoms with van der Waals surface area (Å²) in [6.07, 6.45) is 0. The largest absolute Gasteiger partial charge is 0.481 e. The third kappa shape index (κ3) is 0.775. The van der Waals surface area contributed by atoms with Gasteiger partial charge in [-0.3, -0.25) is 9.59 Å². The molecule has 10 heavy (non-hydrogen) atoms. The summed E-state index contributed by atoms with van der Waals surface area (Å²) in [7, 11) is 0. The summed E-state index contributed by atoms with van der Waals surface area (Å²) in [6.45, 7) is 3.31. The summed E-state index contributed by atoms with van der Waals surface area (Å²) in [6, 6.07) is 0. The fraction of sp³-hybridized carbons (Fsp3) is 0.333. The molecule has 0 aromatic carbocycles. The first kappa shape index (κ1) is 6.80. The number of carboxylic acid groups (broad SMARTS) is 2. The number of carbonyl (C=O) groups is 2. The van der Waals surface area contributed by atoms with E-state index < -0.39 is 23.8 Å². The molecule has 0 bridgehead atoms. The zero-order valence-electron chi connectivity index (χ0n) is 5.07. The molecule has 2 atom stereocenters. The lowest BCUT2D eigenvalue weighted by molar-refractivity contribution is -0.144. The van der Waals surface area contributed by atoms with Crippen LogP contribution in [-0.4, -0.2) is 22.2 Å². The number of hydrogen-bond donors (Lipinski definition) is 2. The molecule has 1 fully saturated rings. The highest BCUT2D eigenvalue weighted by Gasteiger charge is 2.53. The Morgan fingerprint density at radius 2 is 1.50 bits per heavy atom. The zero-order chi connectivity index (χ0) is 7.89. The van der Waals surface area contributed by atoms with Gasteiger partial charge in [0.25, 0.3) is 0 Å². The van der Waals surface area contributed by atoms with E-state index >= 15 is 0 Å². The average molecular weight is 142 g/mol. The SMILES string of the molecule is C=C1[C@H](C(=O)O)[C@H]1C(=O)O. The molecule has 1 rings (SSSR count). The van der Waals surface area contributed by atoms with Crippen LogP contribution in [0.3, 0.4) is 0 Å². The Labute approximate surface area is 56.8 Å². The second-order valence-electron chi connectivity index (χ2n) is 2.21. The molecule has 0 unspecified atom stereocenters. The van der Waals surface area contributed by atoms with Gasteiger partial charge < -0.3 is 10.2 Å². The van der Waals surface area contributed by atoms with Crippen LogP contribution < -0.4 is 0 Å². The Kier molecular flexibility index (Phi) is 1.24. The standard InChI is InChI=1S/C6H6O4/c1-2-3(5(7)8)4(2)6(9)10/h3-4H,1H2,(H,7,8)(H,9,10)/t3-,4-/m0/s1. The molecule has 0 heterocycles. The summed E-state index contributed by atoms with van der Waals surface area (Å²) >= 11 is 0. The first-order valence-corrected chi connectivity index (χ1v) is 2.70. The molecular weight excluding hydrogens is 136 g/mol. The molecule has 1 aliphatic rings. The molecule has 0 aromatic rings. The van der Waals surface area contributed by atoms with Gasteiger partial charge in [0.05, 0.1) is 11.8 Å². The van der Waals surface area contributed by atoms with Gasteiger partial charge in [0.2, 0.25) is 0 Å². The predicted molar refractivity (Wildman–Crippen MR) is 31.4 cm³/mol. The Hall–Kier alpha value is -1.32. The maximum Gasteiger partial charge on any atom is 0.311 e. The van der Waals surface area contributed by atoms with Crippen molar-refractivity contribution in [1.82, 2.24) is 0 Å². The van der Waals surface area contributed by atoms with E-state index in [1.54, 1.807) is 0 Å². The van der Waals surface area contributed by atoms with Gasteiger partial charge in [0, 0.05) is 0 Å². The fourth-order valence-electron chi connectivity index (χ4n) is 0.917. The van der Waals surface area contributed by atoms with Crippen LogP contribution in [0.4, 0.5) is 0 Å². The molecule has 0 radical (unpaired) electrons. The van der Waals surface area contributed by atoms with E-state index in [0.29, 0.717) is 5.57 Å². The van der Waals surface area contributed by atoms with Crippen molar-refractivity contribution in [3.05, 3.63) is 12.2 Å². The van der Waals surface area contributed by atoms with Crippen molar-refractivity contribution < 1.29 is 19.8 Å². The summed E-state index contributed by atoms with van der Waals surface area (Å²) in [5.41, 5.74) is 0.292. The van der Waals surface area contributed by atoms with Crippen LogP contribution in [0.5, 0.6) is 0 Å². The minimum atomic E-state index is -1.10. The van der Waals surface area contributed by atoms with Crippen molar-refractivity contribution in [2.45, 2.75) is 0 Å². The first-order chi connectivity index (χ1) is 4.55. The first-order valence-electron chi connectivity index (χ1n) is 2.70. The normalized spacial score (nSPS) is 29.8. The van der Waals surface area contributed by atoms with Crippen molar-refractivity contribution >= 4 is 11.9 Å². The fourth-order valence-corrected chi connectivity index (χ4v) is 0.917. The molecule has 0 aromatic heterocycles. The minimum Gasteiger partial charge on any atom is -0.481 e. The van der Waals surface area contributed by atoms with Crippen LogP contribution in [-0.2, 0) is 9.59 Å². The molecule has 0 spiro atoms. The average Bonchev–Trinajstić information content (AvgIpc) is 2.40. The molecule has 4 heteroatoms. The third-order valence-corrected chi connectivity index (χ3v) is 1.56. The number of hydrogen-bond acceptors (Lipinski definition) is 2. The zero-order valence-corrected chi connectivity index (χ0v) is 5.07. The summed E-state index contributed by atoms with van der Waals surface area (Å²) in [4.78, 5) is 20.3. The quantitative estimate of drug-likeness (QED) is 0.530. The number of carboxylic acids is 2. The van der Waals surface area contributed by atoms with Crippen LogP contribution in [0.25, 0.3) is 0 Å². The predicted octanol–water partition coefficient (Wildman–Crippen LogP) is -0.0422. The number of rotatable bonds is 2. The van der Waals surface area contributed by atoms with Crippen molar-refractivity contribution in [3.63, 3.8) is 0 Å². The van der Waals surface area contributed by atoms with E-state index in [1.807, 2.05) is 0 Å². The van der Waals surface area contributed by atoms with E-state index in [-0.39, 0.29) is 0 Å². The van der Waals surface area contributed by atoms with Crippen LogP contribution in [0.1, 0.15) is 0 Å². The van der Waals surface area contributed by atoms with Gasteiger partial charge in [0.15, 0.2) is 0 Å². The molecule has 0 aliphatic heterocycles. The lowest BCUT2D eigenvalue weighted by Crippen LogP contribution is -2.05. The van der Waals surface area contributed by atoms with Gasteiger partial charge in [-0.2, -0.15) is 0 Å². The third-order valence-electron chi connectivity index (χ3n) is 1.56. The van der Waals surface area contributed by atoms with Crippen LogP contribution in [0.15, 0.2) is 12.2 Å². The molecular formula is C6H6O4. The topological polar surface area (TPSA) is 74.6 Å². The molecule has 1 saturated carbocycles. The Morgan fingerprint density at radius 1 is 1.20 bits per heavy atom. The molecule has 54 valence electrons. The van der Waals surface area contributed by atoms with Crippen LogP contribution in [0.2, 0.25) is 0 Å². The second-order valence-corrected chi connectivity index (χ2v) is 2.21. The Morgan fingerprint density at radius 3 is 1.60 bits per heavy atom. The lowest BCUT2D eigenvalue weighted by atomic mass is 10.3. The van der Waals surface area contributed by atoms with Gasteiger partial charge in [-0.05, 0) is 5.57 Å². The molecule has 0 saturated heterocycles. The monoisotopic (exact) mass is 142 g/mol. The van der Waals surface area contributed by atoms with Gasteiger partial charge in [0.1, 0.15) is 0 Å². The summed E-state index contributed by atoms with van der Waals surface area (Å²) in [5, 5.41) is 16.6. The summed E-state index contributed by atoms with van der Waals surface area (Å²) in [5.74, 6) is -3.90. The molecule has 2 N–H and O–H groups in total. The highest BCUT2D eigenvalue weighted by Crippen LogP contribution is 2.44. The number of aliphatic carboxylic acids is 2. The van der Waals surface area contributed by atoms with Crippen molar-refractivity contribution in [2.24, 2.45) is 11.8 Å². The second kappa shape index (κ2) is 1.83. The molecule has 4 nitrogen and oxygen atoms in total. The Balaban J connectivity index is 2.66. The van der Waals surface area contributed by atoms with Gasteiger partial charge in [-0.1, -0.05) is 6.58 Å². The van der Waals surface area contributed by atoms with Crippen LogP contribution >= 0.6 is 0 Å². The van der Waals surface area contributed by atoms with Gasteiger partial charge in [-0.25, -0.2) is 0 Å². The van der Waals surface area contributed by atoms with E-state index in [4.69, 9.17) is 10.2 Å². The van der Waals surface area contributed by atoms with Gasteiger partial charge in [-0.15, -0.1) is 0 Å². The maximum atomic E-state index is 10.2. The Bertz CT molecular complexity index is 196. The van der Waals surface area contributed by atoms with E-state index in [1.165, 1.54) is 0 Å². The summed E-state index contributed by atoms with van der Waals surface area (Å²) < 4.78 is 0. The van der Waals surface area contributed by atoms with Crippen molar-refractivity contribution in [1.29, 1.82) is 0 Å². The minimum absolute atomic E-state index is 0.292. The van der Waals surface area contributed by atoms with E-state index in [2.05, 4.69) is 6.58 Å². The van der Waals surface area contributed by atoms with Crippen molar-refractivity contribution in [2.75, 3.05) is 0 Å². The smallest absolute Gasteiger partial charge is 0.311 e. The highest BCUT2D eigenvalue weighted by molar-refractivity contribution is 5.92. The van der Waals surface area contributed by atoms with Crippen molar-refractivity contribution in [3.8, 4) is 0 Å². The molecule has 1 aliphatic carbocycles. The van der Waals surface area contributed by atoms with E-state index in [9.17, 15) is 9.59 Å². The maximum absolute atomic E-state index is 10.2. The van der Waals surface area contributed by atoms with Gasteiger partial charge >= 0.3 is 11.9 Å². The lowest BCUT2D eigenvalue weighted by Gasteiger charge is -1.83.